The molecule has 4 nitrogen and oxygen atoms in total. The highest BCUT2D eigenvalue weighted by Crippen LogP contribution is 2.18. The van der Waals surface area contributed by atoms with Gasteiger partial charge in [-0.1, -0.05) is 26.0 Å². The Hall–Kier alpha value is -1.39. The van der Waals surface area contributed by atoms with Crippen LogP contribution in [-0.2, 0) is 16.1 Å². The lowest BCUT2D eigenvalue weighted by Gasteiger charge is -2.32. The molecular weight excluding hydrogens is 312 g/mol. The zero-order chi connectivity index (χ0) is 18.2. The molecule has 1 aliphatic heterocycles. The lowest BCUT2D eigenvalue weighted by Crippen LogP contribution is -2.39. The molecule has 2 rings (SSSR count). The number of carbonyl (C=O) groups is 1. The minimum atomic E-state index is 0.0843. The third kappa shape index (κ3) is 7.17. The second-order valence-corrected chi connectivity index (χ2v) is 7.85. The minimum Gasteiger partial charge on any atom is -0.377 e. The maximum Gasteiger partial charge on any atom is 0.224 e. The topological polar surface area (TPSA) is 41.6 Å². The number of anilines is 1. The van der Waals surface area contributed by atoms with Crippen molar-refractivity contribution in [3.63, 3.8) is 0 Å². The van der Waals surface area contributed by atoms with E-state index in [1.165, 1.54) is 24.8 Å². The van der Waals surface area contributed by atoms with E-state index in [4.69, 9.17) is 4.74 Å². The van der Waals surface area contributed by atoms with Crippen molar-refractivity contribution in [2.45, 2.75) is 72.1 Å². The molecule has 1 saturated heterocycles. The average molecular weight is 347 g/mol. The number of nitrogens with zero attached hydrogens (tertiary/aromatic N) is 1. The van der Waals surface area contributed by atoms with Gasteiger partial charge in [-0.2, -0.15) is 0 Å². The van der Waals surface area contributed by atoms with Crippen molar-refractivity contribution < 1.29 is 9.53 Å². The summed E-state index contributed by atoms with van der Waals surface area (Å²) in [5.41, 5.74) is 2.15. The van der Waals surface area contributed by atoms with Crippen LogP contribution in [0.2, 0.25) is 0 Å². The van der Waals surface area contributed by atoms with E-state index in [9.17, 15) is 4.79 Å². The van der Waals surface area contributed by atoms with Crippen LogP contribution in [-0.4, -0.2) is 36.1 Å². The van der Waals surface area contributed by atoms with E-state index in [2.05, 4.69) is 50.0 Å². The fourth-order valence-corrected chi connectivity index (χ4v) is 3.18. The summed E-state index contributed by atoms with van der Waals surface area (Å²) in [6.07, 6.45) is 4.57. The highest BCUT2D eigenvalue weighted by Gasteiger charge is 2.19. The molecule has 4 heteroatoms. The Bertz CT molecular complexity index is 519. The predicted octanol–water partition coefficient (Wildman–Crippen LogP) is 4.45. The standard InChI is InChI=1S/C21H34N2O2/c1-16(2)13-21(24)22-19-10-8-18(9-11-19)14-23(17(3)4)15-20-7-5-6-12-25-20/h8-11,16-17,20H,5-7,12-15H2,1-4H3,(H,22,24)/t20-/m0/s1. The fraction of sp³-hybridized carbons (Fsp3) is 0.667. The van der Waals surface area contributed by atoms with Gasteiger partial charge in [0.05, 0.1) is 6.10 Å². The monoisotopic (exact) mass is 346 g/mol. The Labute approximate surface area is 152 Å². The number of hydrogen-bond acceptors (Lipinski definition) is 3. The van der Waals surface area contributed by atoms with Crippen LogP contribution >= 0.6 is 0 Å². The Morgan fingerprint density at radius 2 is 1.92 bits per heavy atom. The Morgan fingerprint density at radius 3 is 2.48 bits per heavy atom. The van der Waals surface area contributed by atoms with Crippen LogP contribution in [0.4, 0.5) is 5.69 Å². The molecule has 0 unspecified atom stereocenters. The second kappa shape index (κ2) is 9.93. The van der Waals surface area contributed by atoms with E-state index in [-0.39, 0.29) is 5.91 Å². The van der Waals surface area contributed by atoms with E-state index in [1.807, 2.05) is 12.1 Å². The molecule has 1 aliphatic rings. The maximum absolute atomic E-state index is 11.9. The molecule has 0 aromatic heterocycles. The lowest BCUT2D eigenvalue weighted by atomic mass is 10.1. The minimum absolute atomic E-state index is 0.0843. The van der Waals surface area contributed by atoms with Crippen LogP contribution in [0, 0.1) is 5.92 Å². The molecule has 25 heavy (non-hydrogen) atoms. The molecule has 0 saturated carbocycles. The number of nitrogens with one attached hydrogen (secondary N) is 1. The van der Waals surface area contributed by atoms with Gasteiger partial charge in [-0.3, -0.25) is 9.69 Å². The molecule has 0 spiro atoms. The quantitative estimate of drug-likeness (QED) is 0.756. The van der Waals surface area contributed by atoms with Crippen LogP contribution < -0.4 is 5.32 Å². The fourth-order valence-electron chi connectivity index (χ4n) is 3.18. The number of rotatable bonds is 8. The number of amides is 1. The normalized spacial score (nSPS) is 18.1. The number of hydrogen-bond donors (Lipinski definition) is 1. The second-order valence-electron chi connectivity index (χ2n) is 7.85. The van der Waals surface area contributed by atoms with Crippen LogP contribution in [0.15, 0.2) is 24.3 Å². The van der Waals surface area contributed by atoms with E-state index >= 15 is 0 Å². The molecule has 1 heterocycles. The summed E-state index contributed by atoms with van der Waals surface area (Å²) < 4.78 is 5.90. The van der Waals surface area contributed by atoms with Crippen molar-refractivity contribution in [3.8, 4) is 0 Å². The van der Waals surface area contributed by atoms with Gasteiger partial charge < -0.3 is 10.1 Å². The van der Waals surface area contributed by atoms with Crippen LogP contribution in [0.5, 0.6) is 0 Å². The van der Waals surface area contributed by atoms with E-state index in [1.54, 1.807) is 0 Å². The van der Waals surface area contributed by atoms with Crippen molar-refractivity contribution >= 4 is 11.6 Å². The number of carbonyl (C=O) groups excluding carboxylic acids is 1. The van der Waals surface area contributed by atoms with Gasteiger partial charge in [-0.15, -0.1) is 0 Å². The zero-order valence-electron chi connectivity index (χ0n) is 16.3. The number of benzene rings is 1. The van der Waals surface area contributed by atoms with Crippen LogP contribution in [0.1, 0.15) is 58.9 Å². The first-order chi connectivity index (χ1) is 11.9. The van der Waals surface area contributed by atoms with Gasteiger partial charge in [0, 0.05) is 37.8 Å². The third-order valence-electron chi connectivity index (χ3n) is 4.66. The largest absolute Gasteiger partial charge is 0.377 e. The van der Waals surface area contributed by atoms with E-state index in [0.717, 1.165) is 25.4 Å². The zero-order valence-corrected chi connectivity index (χ0v) is 16.3. The third-order valence-corrected chi connectivity index (χ3v) is 4.66. The molecule has 1 atom stereocenters. The molecule has 1 fully saturated rings. The predicted molar refractivity (Wildman–Crippen MR) is 104 cm³/mol. The highest BCUT2D eigenvalue weighted by atomic mass is 16.5. The molecule has 1 aromatic carbocycles. The Morgan fingerprint density at radius 1 is 1.20 bits per heavy atom. The highest BCUT2D eigenvalue weighted by molar-refractivity contribution is 5.90. The Kier molecular flexibility index (Phi) is 7.91. The van der Waals surface area contributed by atoms with Gasteiger partial charge in [0.1, 0.15) is 0 Å². The van der Waals surface area contributed by atoms with Crippen LogP contribution in [0.3, 0.4) is 0 Å². The molecule has 140 valence electrons. The van der Waals surface area contributed by atoms with Gasteiger partial charge in [0.2, 0.25) is 5.91 Å². The summed E-state index contributed by atoms with van der Waals surface area (Å²) in [6.45, 7) is 11.4. The van der Waals surface area contributed by atoms with Crippen molar-refractivity contribution in [2.24, 2.45) is 5.92 Å². The first-order valence-electron chi connectivity index (χ1n) is 9.68. The molecule has 0 aliphatic carbocycles. The lowest BCUT2D eigenvalue weighted by molar-refractivity contribution is -0.116. The summed E-state index contributed by atoms with van der Waals surface area (Å²) in [4.78, 5) is 14.3. The summed E-state index contributed by atoms with van der Waals surface area (Å²) in [5.74, 6) is 0.460. The maximum atomic E-state index is 11.9. The molecular formula is C21H34N2O2. The SMILES string of the molecule is CC(C)CC(=O)Nc1ccc(CN(C[C@@H]2CCCCO2)C(C)C)cc1. The smallest absolute Gasteiger partial charge is 0.224 e. The molecule has 0 radical (unpaired) electrons. The summed E-state index contributed by atoms with van der Waals surface area (Å²) >= 11 is 0. The van der Waals surface area contributed by atoms with Crippen molar-refractivity contribution in [3.05, 3.63) is 29.8 Å². The van der Waals surface area contributed by atoms with Crippen molar-refractivity contribution in [1.82, 2.24) is 4.90 Å². The average Bonchev–Trinajstić information content (AvgIpc) is 2.56. The molecule has 0 bridgehead atoms. The van der Waals surface area contributed by atoms with Crippen molar-refractivity contribution in [2.75, 3.05) is 18.5 Å². The first-order valence-corrected chi connectivity index (χ1v) is 9.68. The summed E-state index contributed by atoms with van der Waals surface area (Å²) in [6, 6.07) is 8.72. The van der Waals surface area contributed by atoms with Gasteiger partial charge in [-0.05, 0) is 56.7 Å². The molecule has 1 amide bonds. The van der Waals surface area contributed by atoms with E-state index < -0.39 is 0 Å². The van der Waals surface area contributed by atoms with Gasteiger partial charge in [0.25, 0.3) is 0 Å². The van der Waals surface area contributed by atoms with E-state index in [0.29, 0.717) is 24.5 Å². The Balaban J connectivity index is 1.89. The van der Waals surface area contributed by atoms with Crippen LogP contribution in [0.25, 0.3) is 0 Å². The molecule has 1 N–H and O–H groups in total. The van der Waals surface area contributed by atoms with Crippen molar-refractivity contribution in [1.29, 1.82) is 0 Å². The number of ether oxygens (including phenoxy) is 1. The van der Waals surface area contributed by atoms with Gasteiger partial charge in [0.15, 0.2) is 0 Å². The van der Waals surface area contributed by atoms with Gasteiger partial charge in [-0.25, -0.2) is 0 Å². The molecule has 1 aromatic rings. The first kappa shape index (κ1) is 19.9. The summed E-state index contributed by atoms with van der Waals surface area (Å²) in [7, 11) is 0. The summed E-state index contributed by atoms with van der Waals surface area (Å²) in [5, 5.41) is 2.97. The van der Waals surface area contributed by atoms with Gasteiger partial charge >= 0.3 is 0 Å².